The lowest BCUT2D eigenvalue weighted by Crippen LogP contribution is -2.42. The largest absolute Gasteiger partial charge is 0.489 e. The first-order chi connectivity index (χ1) is 17.7. The van der Waals surface area contributed by atoms with Crippen molar-refractivity contribution >= 4 is 11.8 Å². The predicted molar refractivity (Wildman–Crippen MR) is 138 cm³/mol. The monoisotopic (exact) mass is 502 g/mol. The van der Waals surface area contributed by atoms with E-state index in [2.05, 4.69) is 4.90 Å². The summed E-state index contributed by atoms with van der Waals surface area (Å²) in [6.07, 6.45) is 2.19. The third-order valence-electron chi connectivity index (χ3n) is 8.37. The molecule has 1 aromatic heterocycles. The fourth-order valence-electron chi connectivity index (χ4n) is 6.08. The normalized spacial score (nSPS) is 23.4. The molecular weight excluding hydrogens is 471 g/mol. The van der Waals surface area contributed by atoms with Gasteiger partial charge in [0.2, 0.25) is 0 Å². The molecule has 6 rings (SSSR count). The van der Waals surface area contributed by atoms with Gasteiger partial charge in [0, 0.05) is 35.8 Å². The van der Waals surface area contributed by atoms with Crippen LogP contribution >= 0.6 is 0 Å². The van der Waals surface area contributed by atoms with Gasteiger partial charge in [-0.15, -0.1) is 0 Å². The van der Waals surface area contributed by atoms with E-state index in [4.69, 9.17) is 9.72 Å². The van der Waals surface area contributed by atoms with Gasteiger partial charge in [-0.2, -0.15) is 0 Å². The van der Waals surface area contributed by atoms with Crippen molar-refractivity contribution in [1.29, 1.82) is 0 Å². The van der Waals surface area contributed by atoms with E-state index in [9.17, 15) is 19.4 Å². The van der Waals surface area contributed by atoms with Crippen LogP contribution in [0.4, 0.5) is 10.2 Å². The van der Waals surface area contributed by atoms with Crippen LogP contribution < -0.4 is 9.64 Å². The van der Waals surface area contributed by atoms with Gasteiger partial charge in [-0.05, 0) is 92.1 Å². The van der Waals surface area contributed by atoms with Gasteiger partial charge in [0.15, 0.2) is 0 Å². The number of hydrogen-bond acceptors (Lipinski definition) is 5. The molecule has 2 aliphatic carbocycles. The Morgan fingerprint density at radius 1 is 1.16 bits per heavy atom. The van der Waals surface area contributed by atoms with Crippen molar-refractivity contribution in [3.63, 3.8) is 0 Å². The molecule has 2 aromatic carbocycles. The summed E-state index contributed by atoms with van der Waals surface area (Å²) in [6, 6.07) is 14.9. The molecule has 0 amide bonds. The maximum absolute atomic E-state index is 14.7. The van der Waals surface area contributed by atoms with Crippen molar-refractivity contribution in [2.45, 2.75) is 51.2 Å². The Kier molecular flexibility index (Phi) is 5.71. The minimum atomic E-state index is -0.711. The van der Waals surface area contributed by atoms with Crippen molar-refractivity contribution in [2.75, 3.05) is 18.0 Å². The van der Waals surface area contributed by atoms with Crippen LogP contribution in [0.2, 0.25) is 0 Å². The van der Waals surface area contributed by atoms with Gasteiger partial charge in [-0.3, -0.25) is 4.79 Å². The van der Waals surface area contributed by atoms with Gasteiger partial charge in [-0.1, -0.05) is 12.1 Å². The summed E-state index contributed by atoms with van der Waals surface area (Å²) < 4.78 is 20.6. The molecule has 3 aromatic rings. The van der Waals surface area contributed by atoms with Gasteiger partial charge in [0.25, 0.3) is 0 Å². The molecule has 3 atom stereocenters. The van der Waals surface area contributed by atoms with Crippen LogP contribution in [0.25, 0.3) is 11.1 Å². The standard InChI is InChI=1S/C30H31FN2O4/c1-17-22(6-8-26(32-17)33-11-9-30(2,36)10-12-33)18-3-7-25(31)20(13-18)16-37-21-4-5-23-19(14-21)15-24-27(23)28(24)29(34)35/h3-8,13-14,24,27-28,36H,9-12,15-16H2,1-2H3,(H,34,35). The van der Waals surface area contributed by atoms with E-state index >= 15 is 0 Å². The molecule has 3 aliphatic rings. The number of piperidine rings is 1. The third kappa shape index (κ3) is 4.46. The molecule has 2 heterocycles. The smallest absolute Gasteiger partial charge is 0.307 e. The summed E-state index contributed by atoms with van der Waals surface area (Å²) >= 11 is 0. The molecule has 0 spiro atoms. The predicted octanol–water partition coefficient (Wildman–Crippen LogP) is 5.10. The maximum atomic E-state index is 14.7. The van der Waals surface area contributed by atoms with Crippen LogP contribution in [0.1, 0.15) is 48.1 Å². The zero-order chi connectivity index (χ0) is 25.9. The van der Waals surface area contributed by atoms with Crippen LogP contribution in [0.15, 0.2) is 48.5 Å². The number of aryl methyl sites for hydroxylation is 1. The van der Waals surface area contributed by atoms with Crippen LogP contribution in [-0.4, -0.2) is 39.9 Å². The van der Waals surface area contributed by atoms with E-state index in [1.54, 1.807) is 6.07 Å². The van der Waals surface area contributed by atoms with Crippen molar-refractivity contribution in [1.82, 2.24) is 4.98 Å². The number of hydrogen-bond donors (Lipinski definition) is 2. The highest BCUT2D eigenvalue weighted by Crippen LogP contribution is 2.61. The molecule has 2 N–H and O–H groups in total. The molecule has 2 fully saturated rings. The van der Waals surface area contributed by atoms with E-state index in [-0.39, 0.29) is 30.2 Å². The minimum absolute atomic E-state index is 0.0985. The molecule has 6 nitrogen and oxygen atoms in total. The number of rotatable bonds is 6. The maximum Gasteiger partial charge on any atom is 0.307 e. The molecule has 1 aliphatic heterocycles. The first kappa shape index (κ1) is 23.9. The number of nitrogens with zero attached hydrogens (tertiary/aromatic N) is 2. The minimum Gasteiger partial charge on any atom is -0.489 e. The number of carboxylic acid groups (broad SMARTS) is 1. The number of carboxylic acids is 1. The molecule has 0 bridgehead atoms. The Bertz CT molecular complexity index is 1380. The van der Waals surface area contributed by atoms with Crippen LogP contribution in [0, 0.1) is 24.6 Å². The quantitative estimate of drug-likeness (QED) is 0.488. The second-order valence-electron chi connectivity index (χ2n) is 11.0. The van der Waals surface area contributed by atoms with Crippen molar-refractivity contribution in [3.05, 3.63) is 76.7 Å². The first-order valence-corrected chi connectivity index (χ1v) is 12.9. The number of anilines is 1. The number of pyridine rings is 1. The average Bonchev–Trinajstić information content (AvgIpc) is 3.46. The van der Waals surface area contributed by atoms with Gasteiger partial charge in [0.1, 0.15) is 24.0 Å². The molecular formula is C30H31FN2O4. The number of halogens is 1. The van der Waals surface area contributed by atoms with Crippen molar-refractivity contribution < 1.29 is 24.1 Å². The Balaban J connectivity index is 1.15. The average molecular weight is 503 g/mol. The van der Waals surface area contributed by atoms with Crippen molar-refractivity contribution in [3.8, 4) is 16.9 Å². The Morgan fingerprint density at radius 3 is 2.68 bits per heavy atom. The highest BCUT2D eigenvalue weighted by molar-refractivity contribution is 5.78. The second kappa shape index (κ2) is 8.84. The zero-order valence-electron chi connectivity index (χ0n) is 21.1. The summed E-state index contributed by atoms with van der Waals surface area (Å²) in [7, 11) is 0. The lowest BCUT2D eigenvalue weighted by Gasteiger charge is -2.36. The van der Waals surface area contributed by atoms with Gasteiger partial charge >= 0.3 is 5.97 Å². The molecule has 3 unspecified atom stereocenters. The SMILES string of the molecule is Cc1nc(N2CCC(C)(O)CC2)ccc1-c1ccc(F)c(COc2ccc3c(c2)CC2C(C(=O)O)C32)c1. The summed E-state index contributed by atoms with van der Waals surface area (Å²) in [5.74, 6) is 0.605. The van der Waals surface area contributed by atoms with E-state index in [1.807, 2.05) is 50.2 Å². The Hall–Kier alpha value is -3.45. The van der Waals surface area contributed by atoms with Crippen molar-refractivity contribution in [2.24, 2.45) is 11.8 Å². The number of ether oxygens (including phenoxy) is 1. The first-order valence-electron chi connectivity index (χ1n) is 12.9. The van der Waals surface area contributed by atoms with Gasteiger partial charge in [0.05, 0.1) is 11.5 Å². The number of aliphatic carboxylic acids is 1. The molecule has 0 radical (unpaired) electrons. The molecule has 1 saturated heterocycles. The summed E-state index contributed by atoms with van der Waals surface area (Å²) in [4.78, 5) is 18.3. The third-order valence-corrected chi connectivity index (χ3v) is 8.37. The molecule has 7 heteroatoms. The summed E-state index contributed by atoms with van der Waals surface area (Å²) in [5.41, 5.74) is 4.80. The highest BCUT2D eigenvalue weighted by Gasteiger charge is 2.59. The van der Waals surface area contributed by atoms with Crippen LogP contribution in [0.5, 0.6) is 5.75 Å². The number of benzene rings is 2. The number of aliphatic hydroxyl groups is 1. The summed E-state index contributed by atoms with van der Waals surface area (Å²) in [5, 5.41) is 19.5. The topological polar surface area (TPSA) is 82.9 Å². The molecule has 192 valence electrons. The van der Waals surface area contributed by atoms with Crippen LogP contribution in [0.3, 0.4) is 0 Å². The zero-order valence-corrected chi connectivity index (χ0v) is 21.1. The molecule has 37 heavy (non-hydrogen) atoms. The number of fused-ring (bicyclic) bond motifs is 3. The van der Waals surface area contributed by atoms with E-state index < -0.39 is 11.6 Å². The lowest BCUT2D eigenvalue weighted by molar-refractivity contribution is -0.139. The lowest BCUT2D eigenvalue weighted by atomic mass is 9.94. The summed E-state index contributed by atoms with van der Waals surface area (Å²) in [6.45, 7) is 5.47. The fourth-order valence-corrected chi connectivity index (χ4v) is 6.08. The van der Waals surface area contributed by atoms with Gasteiger partial charge in [-0.25, -0.2) is 9.37 Å². The fraction of sp³-hybridized carbons (Fsp3) is 0.400. The van der Waals surface area contributed by atoms with E-state index in [1.165, 1.54) is 6.07 Å². The number of aromatic nitrogens is 1. The highest BCUT2D eigenvalue weighted by atomic mass is 19.1. The van der Waals surface area contributed by atoms with E-state index in [0.29, 0.717) is 24.2 Å². The second-order valence-corrected chi connectivity index (χ2v) is 11.0. The number of carbonyl (C=O) groups is 1. The Labute approximate surface area is 215 Å². The van der Waals surface area contributed by atoms with Crippen LogP contribution in [-0.2, 0) is 17.8 Å². The van der Waals surface area contributed by atoms with Gasteiger partial charge < -0.3 is 19.8 Å². The molecule has 1 saturated carbocycles. The Morgan fingerprint density at radius 2 is 1.95 bits per heavy atom. The van der Waals surface area contributed by atoms with E-state index in [0.717, 1.165) is 53.3 Å².